The summed E-state index contributed by atoms with van der Waals surface area (Å²) in [6.07, 6.45) is 1.95. The fraction of sp³-hybridized carbons (Fsp3) is 0.417. The fourth-order valence-electron chi connectivity index (χ4n) is 1.51. The van der Waals surface area contributed by atoms with Gasteiger partial charge in [0.15, 0.2) is 0 Å². The third-order valence-corrected chi connectivity index (χ3v) is 4.41. The third kappa shape index (κ3) is 3.14. The summed E-state index contributed by atoms with van der Waals surface area (Å²) in [6, 6.07) is 4.26. The summed E-state index contributed by atoms with van der Waals surface area (Å²) in [5.74, 6) is 0.499. The van der Waals surface area contributed by atoms with E-state index < -0.39 is 0 Å². The maximum atomic E-state index is 4.41. The van der Waals surface area contributed by atoms with Crippen molar-refractivity contribution in [3.63, 3.8) is 0 Å². The van der Waals surface area contributed by atoms with Gasteiger partial charge in [0.05, 0.1) is 5.01 Å². The maximum Gasteiger partial charge on any atom is 0.0968 e. The molecule has 86 valence electrons. The average molecular weight is 252 g/mol. The Morgan fingerprint density at radius 3 is 3.00 bits per heavy atom. The Morgan fingerprint density at radius 1 is 1.50 bits per heavy atom. The van der Waals surface area contributed by atoms with Crippen LogP contribution in [0.15, 0.2) is 23.7 Å². The van der Waals surface area contributed by atoms with Crippen LogP contribution >= 0.6 is 22.7 Å². The van der Waals surface area contributed by atoms with Gasteiger partial charge in [0.1, 0.15) is 0 Å². The summed E-state index contributed by atoms with van der Waals surface area (Å²) in [6.45, 7) is 6.28. The average Bonchev–Trinajstić information content (AvgIpc) is 2.89. The lowest BCUT2D eigenvalue weighted by atomic mass is 10.2. The lowest BCUT2D eigenvalue weighted by Gasteiger charge is -2.08. The molecule has 0 aliphatic heterocycles. The molecule has 2 heterocycles. The highest BCUT2D eigenvalue weighted by Crippen LogP contribution is 2.20. The minimum Gasteiger partial charge on any atom is -0.311 e. The summed E-state index contributed by atoms with van der Waals surface area (Å²) in [7, 11) is 0. The van der Waals surface area contributed by atoms with Crippen molar-refractivity contribution in [2.45, 2.75) is 26.3 Å². The van der Waals surface area contributed by atoms with Crippen molar-refractivity contribution < 1.29 is 0 Å². The van der Waals surface area contributed by atoms with Gasteiger partial charge in [-0.25, -0.2) is 4.98 Å². The molecule has 0 saturated heterocycles. The van der Waals surface area contributed by atoms with Crippen LogP contribution in [-0.4, -0.2) is 11.5 Å². The highest BCUT2D eigenvalue weighted by Gasteiger charge is 2.08. The summed E-state index contributed by atoms with van der Waals surface area (Å²) in [5.41, 5.74) is 0. The molecule has 4 heteroatoms. The number of rotatable bonds is 5. The van der Waals surface area contributed by atoms with E-state index in [1.54, 1.807) is 22.7 Å². The monoisotopic (exact) mass is 252 g/mol. The van der Waals surface area contributed by atoms with Gasteiger partial charge < -0.3 is 5.32 Å². The van der Waals surface area contributed by atoms with Crippen molar-refractivity contribution in [1.82, 2.24) is 10.3 Å². The number of aryl methyl sites for hydroxylation is 1. The van der Waals surface area contributed by atoms with Crippen molar-refractivity contribution in [1.29, 1.82) is 0 Å². The number of hydrogen-bond donors (Lipinski definition) is 1. The number of aromatic nitrogens is 1. The molecule has 2 aromatic heterocycles. The summed E-state index contributed by atoms with van der Waals surface area (Å²) in [5, 5.41) is 6.82. The van der Waals surface area contributed by atoms with Crippen LogP contribution in [0.5, 0.6) is 0 Å². The maximum absolute atomic E-state index is 4.41. The predicted octanol–water partition coefficient (Wildman–Crippen LogP) is 3.41. The molecule has 2 nitrogen and oxygen atoms in total. The normalized spacial score (nSPS) is 12.9. The van der Waals surface area contributed by atoms with E-state index in [4.69, 9.17) is 0 Å². The molecular formula is C12H16N2S2. The van der Waals surface area contributed by atoms with Gasteiger partial charge in [0.2, 0.25) is 0 Å². The standard InChI is InChI=1S/C12H16N2S2/c1-9(12-14-7-10(2)16-12)6-13-8-11-4-3-5-15-11/h3-5,7,9,13H,6,8H2,1-2H3. The predicted molar refractivity (Wildman–Crippen MR) is 71.3 cm³/mol. The van der Waals surface area contributed by atoms with E-state index in [1.165, 1.54) is 14.8 Å². The molecule has 16 heavy (non-hydrogen) atoms. The van der Waals surface area contributed by atoms with Gasteiger partial charge >= 0.3 is 0 Å². The van der Waals surface area contributed by atoms with E-state index in [-0.39, 0.29) is 0 Å². The quantitative estimate of drug-likeness (QED) is 0.882. The van der Waals surface area contributed by atoms with Crippen molar-refractivity contribution in [2.24, 2.45) is 0 Å². The molecule has 0 saturated carbocycles. The lowest BCUT2D eigenvalue weighted by Crippen LogP contribution is -2.18. The Balaban J connectivity index is 1.78. The van der Waals surface area contributed by atoms with Crippen molar-refractivity contribution in [3.05, 3.63) is 38.5 Å². The number of thiazole rings is 1. The minimum atomic E-state index is 0.499. The Hall–Kier alpha value is -0.710. The van der Waals surface area contributed by atoms with E-state index in [2.05, 4.69) is 41.7 Å². The molecule has 1 atom stereocenters. The number of nitrogens with zero attached hydrogens (tertiary/aromatic N) is 1. The molecular weight excluding hydrogens is 236 g/mol. The molecule has 0 fully saturated rings. The highest BCUT2D eigenvalue weighted by atomic mass is 32.1. The smallest absolute Gasteiger partial charge is 0.0968 e. The van der Waals surface area contributed by atoms with Gasteiger partial charge in [-0.3, -0.25) is 0 Å². The molecule has 0 radical (unpaired) electrons. The number of thiophene rings is 1. The van der Waals surface area contributed by atoms with Crippen LogP contribution in [0.4, 0.5) is 0 Å². The van der Waals surface area contributed by atoms with Gasteiger partial charge in [-0.1, -0.05) is 13.0 Å². The fourth-order valence-corrected chi connectivity index (χ4v) is 3.01. The SMILES string of the molecule is Cc1cnc(C(C)CNCc2cccs2)s1. The zero-order valence-electron chi connectivity index (χ0n) is 9.56. The molecule has 0 bridgehead atoms. The van der Waals surface area contributed by atoms with E-state index >= 15 is 0 Å². The molecule has 0 aromatic carbocycles. The second-order valence-electron chi connectivity index (χ2n) is 3.92. The summed E-state index contributed by atoms with van der Waals surface area (Å²) in [4.78, 5) is 7.10. The van der Waals surface area contributed by atoms with Crippen LogP contribution in [0, 0.1) is 6.92 Å². The first kappa shape index (κ1) is 11.8. The zero-order chi connectivity index (χ0) is 11.4. The molecule has 2 aromatic rings. The molecule has 0 spiro atoms. The first-order chi connectivity index (χ1) is 7.75. The molecule has 0 aliphatic carbocycles. The van der Waals surface area contributed by atoms with Crippen LogP contribution in [-0.2, 0) is 6.54 Å². The summed E-state index contributed by atoms with van der Waals surface area (Å²) >= 11 is 3.59. The van der Waals surface area contributed by atoms with Gasteiger partial charge in [-0.05, 0) is 18.4 Å². The van der Waals surface area contributed by atoms with Crippen molar-refractivity contribution in [2.75, 3.05) is 6.54 Å². The largest absolute Gasteiger partial charge is 0.311 e. The van der Waals surface area contributed by atoms with Crippen molar-refractivity contribution in [3.8, 4) is 0 Å². The molecule has 0 amide bonds. The number of nitrogens with one attached hydrogen (secondary N) is 1. The van der Waals surface area contributed by atoms with Gasteiger partial charge in [0, 0.05) is 35.0 Å². The van der Waals surface area contributed by atoms with Crippen LogP contribution < -0.4 is 5.32 Å². The van der Waals surface area contributed by atoms with Gasteiger partial charge in [0.25, 0.3) is 0 Å². The number of hydrogen-bond acceptors (Lipinski definition) is 4. The lowest BCUT2D eigenvalue weighted by molar-refractivity contribution is 0.616. The molecule has 0 aliphatic rings. The van der Waals surface area contributed by atoms with Crippen molar-refractivity contribution >= 4 is 22.7 Å². The molecule has 1 unspecified atom stereocenters. The third-order valence-electron chi connectivity index (χ3n) is 2.39. The Bertz CT molecular complexity index is 420. The molecule has 2 rings (SSSR count). The van der Waals surface area contributed by atoms with Crippen LogP contribution in [0.2, 0.25) is 0 Å². The van der Waals surface area contributed by atoms with E-state index in [1.807, 2.05) is 6.20 Å². The highest BCUT2D eigenvalue weighted by molar-refractivity contribution is 7.11. The van der Waals surface area contributed by atoms with Crippen LogP contribution in [0.25, 0.3) is 0 Å². The van der Waals surface area contributed by atoms with E-state index in [0.29, 0.717) is 5.92 Å². The van der Waals surface area contributed by atoms with Crippen LogP contribution in [0.1, 0.15) is 27.6 Å². The Labute approximate surface area is 104 Å². The second-order valence-corrected chi connectivity index (χ2v) is 6.22. The Morgan fingerprint density at radius 2 is 2.38 bits per heavy atom. The minimum absolute atomic E-state index is 0.499. The zero-order valence-corrected chi connectivity index (χ0v) is 11.2. The van der Waals surface area contributed by atoms with Crippen LogP contribution in [0.3, 0.4) is 0 Å². The first-order valence-corrected chi connectivity index (χ1v) is 7.10. The van der Waals surface area contributed by atoms with Gasteiger partial charge in [-0.15, -0.1) is 22.7 Å². The van der Waals surface area contributed by atoms with Gasteiger partial charge in [-0.2, -0.15) is 0 Å². The first-order valence-electron chi connectivity index (χ1n) is 5.41. The second kappa shape index (κ2) is 5.57. The topological polar surface area (TPSA) is 24.9 Å². The molecule has 1 N–H and O–H groups in total. The Kier molecular flexibility index (Phi) is 4.09. The van der Waals surface area contributed by atoms with E-state index in [0.717, 1.165) is 13.1 Å². The summed E-state index contributed by atoms with van der Waals surface area (Å²) < 4.78 is 0. The van der Waals surface area contributed by atoms with E-state index in [9.17, 15) is 0 Å².